The van der Waals surface area contributed by atoms with Crippen molar-refractivity contribution in [3.8, 4) is 5.75 Å². The molecule has 2 heterocycles. The van der Waals surface area contributed by atoms with Gasteiger partial charge in [-0.1, -0.05) is 23.7 Å². The number of rotatable bonds is 12. The van der Waals surface area contributed by atoms with E-state index in [2.05, 4.69) is 15.3 Å². The van der Waals surface area contributed by atoms with E-state index in [0.717, 1.165) is 19.0 Å². The molecule has 12 nitrogen and oxygen atoms in total. The molecule has 1 aliphatic rings. The van der Waals surface area contributed by atoms with E-state index in [1.54, 1.807) is 42.7 Å². The number of aromatic nitrogens is 2. The van der Waals surface area contributed by atoms with Gasteiger partial charge in [0.25, 0.3) is 0 Å². The Hall–Kier alpha value is -5.18. The molecule has 0 spiro atoms. The highest BCUT2D eigenvalue weighted by Crippen LogP contribution is 2.32. The van der Waals surface area contributed by atoms with Gasteiger partial charge in [-0.3, -0.25) is 14.5 Å². The van der Waals surface area contributed by atoms with Crippen LogP contribution < -0.4 is 19.9 Å². The van der Waals surface area contributed by atoms with Crippen molar-refractivity contribution in [1.82, 2.24) is 14.9 Å². The average Bonchev–Trinajstić information content (AvgIpc) is 3.63. The van der Waals surface area contributed by atoms with Crippen LogP contribution in [0.15, 0.2) is 60.4 Å². The first kappa shape index (κ1) is 39.6. The Morgan fingerprint density at radius 2 is 1.58 bits per heavy atom. The van der Waals surface area contributed by atoms with Crippen LogP contribution in [-0.4, -0.2) is 83.1 Å². The van der Waals surface area contributed by atoms with Crippen molar-refractivity contribution in [3.05, 3.63) is 76.6 Å². The Balaban J connectivity index is 1.80. The fourth-order valence-electron chi connectivity index (χ4n) is 5.08. The van der Waals surface area contributed by atoms with Gasteiger partial charge in [-0.15, -0.1) is 0 Å². The summed E-state index contributed by atoms with van der Waals surface area (Å²) in [6, 6.07) is 11.6. The molecule has 0 saturated carbocycles. The molecule has 278 valence electrons. The molecule has 3 aromatic rings. The number of halogens is 4. The van der Waals surface area contributed by atoms with Crippen LogP contribution in [0.2, 0.25) is 5.02 Å². The first-order valence-electron chi connectivity index (χ1n) is 16.6. The minimum atomic E-state index is -5.40. The van der Waals surface area contributed by atoms with Crippen molar-refractivity contribution in [3.63, 3.8) is 0 Å². The summed E-state index contributed by atoms with van der Waals surface area (Å²) in [5.41, 5.74) is -1.38. The second-order valence-electron chi connectivity index (χ2n) is 12.7. The van der Waals surface area contributed by atoms with Crippen molar-refractivity contribution < 1.29 is 41.8 Å². The van der Waals surface area contributed by atoms with E-state index in [4.69, 9.17) is 21.1 Å². The molecule has 2 amide bonds. The number of ether oxygens (including phenoxy) is 2. The molecule has 0 unspecified atom stereocenters. The van der Waals surface area contributed by atoms with E-state index in [0.29, 0.717) is 36.8 Å². The number of alkyl halides is 3. The van der Waals surface area contributed by atoms with Crippen LogP contribution in [0.25, 0.3) is 6.08 Å². The summed E-state index contributed by atoms with van der Waals surface area (Å²) in [6.07, 6.45) is -1.76. The van der Waals surface area contributed by atoms with Gasteiger partial charge < -0.3 is 24.6 Å². The second kappa shape index (κ2) is 16.9. The second-order valence-corrected chi connectivity index (χ2v) is 13.1. The van der Waals surface area contributed by atoms with Gasteiger partial charge >= 0.3 is 24.1 Å². The number of benzene rings is 2. The third kappa shape index (κ3) is 10.7. The van der Waals surface area contributed by atoms with Gasteiger partial charge in [-0.25, -0.2) is 14.6 Å². The Bertz CT molecular complexity index is 1790. The number of amides is 2. The topological polar surface area (TPSA) is 134 Å². The normalized spacial score (nSPS) is 13.4. The van der Waals surface area contributed by atoms with Crippen LogP contribution in [0.5, 0.6) is 5.75 Å². The van der Waals surface area contributed by atoms with Crippen LogP contribution in [0.4, 0.5) is 35.4 Å². The van der Waals surface area contributed by atoms with Crippen molar-refractivity contribution in [2.24, 2.45) is 0 Å². The highest BCUT2D eigenvalue weighted by Gasteiger charge is 2.45. The number of ketones is 1. The lowest BCUT2D eigenvalue weighted by molar-refractivity contribution is -0.170. The summed E-state index contributed by atoms with van der Waals surface area (Å²) in [7, 11) is 0. The SMILES string of the molecule is CCN(CC)c1ncc(N(CC(=O)c2ccc(Cl)cc2)C(=O)C(F)(F)F)c(N/C(=C/c2ccc(OC(=O)N3CCCC3)cc2)C(=O)OC(C)(C)C)n1. The van der Waals surface area contributed by atoms with Crippen LogP contribution in [0, 0.1) is 0 Å². The number of hydrogen-bond acceptors (Lipinski definition) is 10. The van der Waals surface area contributed by atoms with E-state index < -0.39 is 47.8 Å². The first-order valence-corrected chi connectivity index (χ1v) is 16.9. The van der Waals surface area contributed by atoms with Crippen molar-refractivity contribution in [2.75, 3.05) is 47.8 Å². The quantitative estimate of drug-likeness (QED) is 0.116. The number of anilines is 3. The van der Waals surface area contributed by atoms with Gasteiger partial charge in [0.15, 0.2) is 11.6 Å². The number of nitrogens with one attached hydrogen (secondary N) is 1. The average molecular weight is 745 g/mol. The lowest BCUT2D eigenvalue weighted by Crippen LogP contribution is -2.44. The maximum Gasteiger partial charge on any atom is 0.471 e. The summed E-state index contributed by atoms with van der Waals surface area (Å²) in [4.78, 5) is 64.4. The first-order chi connectivity index (χ1) is 24.5. The molecular weight excluding hydrogens is 705 g/mol. The van der Waals surface area contributed by atoms with E-state index in [1.165, 1.54) is 42.5 Å². The molecule has 0 atom stereocenters. The minimum absolute atomic E-state index is 0.00320. The van der Waals surface area contributed by atoms with Crippen LogP contribution in [0.1, 0.15) is 63.4 Å². The van der Waals surface area contributed by atoms with Gasteiger partial charge in [-0.2, -0.15) is 18.2 Å². The number of carbonyl (C=O) groups excluding carboxylic acids is 4. The van der Waals surface area contributed by atoms with Gasteiger partial charge in [-0.05, 0) is 95.5 Å². The molecule has 16 heteroatoms. The summed E-state index contributed by atoms with van der Waals surface area (Å²) >= 11 is 5.92. The fourth-order valence-corrected chi connectivity index (χ4v) is 5.20. The van der Waals surface area contributed by atoms with Gasteiger partial charge in [0.2, 0.25) is 5.95 Å². The van der Waals surface area contributed by atoms with E-state index >= 15 is 0 Å². The molecular formula is C36H40ClF3N6O6. The molecule has 0 aliphatic carbocycles. The largest absolute Gasteiger partial charge is 0.471 e. The molecule has 0 bridgehead atoms. The molecule has 1 N–H and O–H groups in total. The molecule has 4 rings (SSSR count). The number of nitrogens with zero attached hydrogens (tertiary/aromatic N) is 5. The summed E-state index contributed by atoms with van der Waals surface area (Å²) < 4.78 is 53.3. The summed E-state index contributed by atoms with van der Waals surface area (Å²) in [5.74, 6) is -4.15. The lowest BCUT2D eigenvalue weighted by atomic mass is 10.1. The van der Waals surface area contributed by atoms with Crippen molar-refractivity contribution in [1.29, 1.82) is 0 Å². The standard InChI is InChI=1S/C36H40ClF3N6O6/c1-6-44(7-2)33-41-21-28(46(32(49)36(38,39)40)22-29(47)24-12-14-25(37)15-13-24)30(43-33)42-27(31(48)52-35(3,4)5)20-23-10-16-26(17-11-23)51-34(50)45-18-8-9-19-45/h10-17,20-21H,6-9,18-19,22H2,1-5H3,(H,41,42,43)/b27-20+. The highest BCUT2D eigenvalue weighted by atomic mass is 35.5. The Kier molecular flexibility index (Phi) is 12.9. The van der Waals surface area contributed by atoms with E-state index in [9.17, 15) is 32.3 Å². The predicted octanol–water partition coefficient (Wildman–Crippen LogP) is 7.14. The summed E-state index contributed by atoms with van der Waals surface area (Å²) in [5, 5.41) is 3.08. The zero-order valence-electron chi connectivity index (χ0n) is 29.4. The number of hydrogen-bond donors (Lipinski definition) is 1. The van der Waals surface area contributed by atoms with E-state index in [1.807, 2.05) is 13.8 Å². The van der Waals surface area contributed by atoms with E-state index in [-0.39, 0.29) is 33.7 Å². The van der Waals surface area contributed by atoms with Gasteiger partial charge in [0, 0.05) is 36.8 Å². The van der Waals surface area contributed by atoms with Crippen LogP contribution >= 0.6 is 11.6 Å². The van der Waals surface area contributed by atoms with Crippen LogP contribution in [-0.2, 0) is 14.3 Å². The molecule has 1 fully saturated rings. The highest BCUT2D eigenvalue weighted by molar-refractivity contribution is 6.30. The number of carbonyl (C=O) groups is 4. The molecule has 0 radical (unpaired) electrons. The molecule has 1 saturated heterocycles. The molecule has 2 aromatic carbocycles. The van der Waals surface area contributed by atoms with Crippen molar-refractivity contribution >= 4 is 58.9 Å². The maximum atomic E-state index is 14.1. The monoisotopic (exact) mass is 744 g/mol. The molecule has 52 heavy (non-hydrogen) atoms. The number of esters is 1. The smallest absolute Gasteiger partial charge is 0.455 e. The number of likely N-dealkylation sites (tertiary alicyclic amines) is 1. The lowest BCUT2D eigenvalue weighted by Gasteiger charge is -2.27. The maximum absolute atomic E-state index is 14.1. The molecule has 1 aliphatic heterocycles. The van der Waals surface area contributed by atoms with Gasteiger partial charge in [0.1, 0.15) is 22.7 Å². The Morgan fingerprint density at radius 3 is 2.13 bits per heavy atom. The third-order valence-electron chi connectivity index (χ3n) is 7.68. The number of Topliss-reactive ketones (excluding diaryl/α,β-unsaturated/α-hetero) is 1. The molecule has 1 aromatic heterocycles. The van der Waals surface area contributed by atoms with Crippen LogP contribution in [0.3, 0.4) is 0 Å². The Labute approximate surface area is 304 Å². The zero-order valence-corrected chi connectivity index (χ0v) is 30.2. The zero-order chi connectivity index (χ0) is 38.2. The summed E-state index contributed by atoms with van der Waals surface area (Å²) in [6.45, 7) is 9.52. The van der Waals surface area contributed by atoms with Crippen molar-refractivity contribution in [2.45, 2.75) is 59.2 Å². The van der Waals surface area contributed by atoms with Gasteiger partial charge in [0.05, 0.1) is 12.7 Å². The fraction of sp³-hybridized carbons (Fsp3) is 0.389. The minimum Gasteiger partial charge on any atom is -0.455 e. The predicted molar refractivity (Wildman–Crippen MR) is 191 cm³/mol. The third-order valence-corrected chi connectivity index (χ3v) is 7.93. The Morgan fingerprint density at radius 1 is 0.962 bits per heavy atom.